The van der Waals surface area contributed by atoms with Crippen LogP contribution in [0.2, 0.25) is 0 Å². The van der Waals surface area contributed by atoms with E-state index in [0.29, 0.717) is 5.56 Å². The van der Waals surface area contributed by atoms with E-state index >= 15 is 0 Å². The van der Waals surface area contributed by atoms with Gasteiger partial charge in [-0.3, -0.25) is 15.0 Å². The second-order valence-corrected chi connectivity index (χ2v) is 3.55. The maximum Gasteiger partial charge on any atom is 0.305 e. The molecule has 0 atom stereocenters. The molecule has 0 amide bonds. The monoisotopic (exact) mass is 214 g/mol. The van der Waals surface area contributed by atoms with E-state index < -0.39 is 22.0 Å². The van der Waals surface area contributed by atoms with Crippen LogP contribution in [0.4, 0.5) is 10.1 Å². The summed E-state index contributed by atoms with van der Waals surface area (Å²) >= 11 is 0. The molecule has 1 aromatic rings. The predicted molar refractivity (Wildman–Crippen MR) is 51.4 cm³/mol. The average Bonchev–Trinajstić information content (AvgIpc) is 2.17. The van der Waals surface area contributed by atoms with Gasteiger partial charge in [0.15, 0.2) is 0 Å². The zero-order valence-electron chi connectivity index (χ0n) is 8.36. The summed E-state index contributed by atoms with van der Waals surface area (Å²) in [6.07, 6.45) is 0. The van der Waals surface area contributed by atoms with Crippen LogP contribution >= 0.6 is 0 Å². The van der Waals surface area contributed by atoms with Gasteiger partial charge >= 0.3 is 5.69 Å². The van der Waals surface area contributed by atoms with Gasteiger partial charge < -0.3 is 0 Å². The SMILES string of the molecule is CC(C)(ON)c1ccc(F)c([N+](=O)[O-])c1. The Balaban J connectivity index is 3.25. The molecule has 0 bridgehead atoms. The van der Waals surface area contributed by atoms with E-state index in [4.69, 9.17) is 5.90 Å². The summed E-state index contributed by atoms with van der Waals surface area (Å²) < 4.78 is 13.0. The van der Waals surface area contributed by atoms with E-state index in [1.165, 1.54) is 6.07 Å². The van der Waals surface area contributed by atoms with Crippen LogP contribution in [0.1, 0.15) is 19.4 Å². The topological polar surface area (TPSA) is 78.4 Å². The number of halogens is 1. The average molecular weight is 214 g/mol. The number of benzene rings is 1. The van der Waals surface area contributed by atoms with Gasteiger partial charge in [0.25, 0.3) is 0 Å². The Labute approximate surface area is 85.8 Å². The zero-order chi connectivity index (χ0) is 11.6. The van der Waals surface area contributed by atoms with Gasteiger partial charge in [0, 0.05) is 6.07 Å². The van der Waals surface area contributed by atoms with Gasteiger partial charge in [-0.25, -0.2) is 5.90 Å². The Morgan fingerprint density at radius 1 is 1.53 bits per heavy atom. The minimum Gasteiger partial charge on any atom is -0.294 e. The molecule has 0 spiro atoms. The van der Waals surface area contributed by atoms with Crippen LogP contribution in [0.5, 0.6) is 0 Å². The van der Waals surface area contributed by atoms with Gasteiger partial charge in [0.2, 0.25) is 5.82 Å². The molecule has 0 unspecified atom stereocenters. The van der Waals surface area contributed by atoms with Crippen molar-refractivity contribution < 1.29 is 14.2 Å². The summed E-state index contributed by atoms with van der Waals surface area (Å²) in [4.78, 5) is 14.3. The summed E-state index contributed by atoms with van der Waals surface area (Å²) in [5.74, 6) is 4.16. The molecular weight excluding hydrogens is 203 g/mol. The minimum atomic E-state index is -0.890. The first kappa shape index (κ1) is 11.5. The molecule has 0 fully saturated rings. The maximum absolute atomic E-state index is 13.0. The Bertz CT molecular complexity index is 393. The maximum atomic E-state index is 13.0. The lowest BCUT2D eigenvalue weighted by Crippen LogP contribution is -2.25. The van der Waals surface area contributed by atoms with E-state index in [0.717, 1.165) is 12.1 Å². The number of nitro benzene ring substituents is 1. The molecule has 0 aliphatic rings. The molecule has 0 saturated heterocycles. The van der Waals surface area contributed by atoms with E-state index in [9.17, 15) is 14.5 Å². The highest BCUT2D eigenvalue weighted by atomic mass is 19.1. The molecule has 0 aliphatic carbocycles. The molecule has 82 valence electrons. The van der Waals surface area contributed by atoms with Crippen LogP contribution in [0.3, 0.4) is 0 Å². The number of nitrogens with zero attached hydrogens (tertiary/aromatic N) is 1. The third-order valence-corrected chi connectivity index (χ3v) is 2.13. The van der Waals surface area contributed by atoms with Crippen molar-refractivity contribution in [3.8, 4) is 0 Å². The summed E-state index contributed by atoms with van der Waals surface area (Å²) in [7, 11) is 0. The number of nitro groups is 1. The van der Waals surface area contributed by atoms with Crippen LogP contribution in [0, 0.1) is 15.9 Å². The van der Waals surface area contributed by atoms with Crippen LogP contribution in [0.25, 0.3) is 0 Å². The molecule has 0 heterocycles. The molecule has 0 aromatic heterocycles. The summed E-state index contributed by atoms with van der Waals surface area (Å²) in [5.41, 5.74) is -1.03. The lowest BCUT2D eigenvalue weighted by molar-refractivity contribution is -0.387. The highest BCUT2D eigenvalue weighted by Crippen LogP contribution is 2.27. The first-order valence-corrected chi connectivity index (χ1v) is 4.21. The second kappa shape index (κ2) is 3.92. The predicted octanol–water partition coefficient (Wildman–Crippen LogP) is 1.86. The molecular formula is C9H11FN2O3. The van der Waals surface area contributed by atoms with Crippen molar-refractivity contribution in [2.75, 3.05) is 0 Å². The Morgan fingerprint density at radius 2 is 2.13 bits per heavy atom. The lowest BCUT2D eigenvalue weighted by atomic mass is 9.98. The molecule has 0 radical (unpaired) electrons. The first-order chi connectivity index (χ1) is 6.88. The van der Waals surface area contributed by atoms with Crippen molar-refractivity contribution in [3.63, 3.8) is 0 Å². The van der Waals surface area contributed by atoms with Crippen molar-refractivity contribution in [2.24, 2.45) is 5.90 Å². The van der Waals surface area contributed by atoms with Crippen molar-refractivity contribution in [2.45, 2.75) is 19.4 Å². The highest BCUT2D eigenvalue weighted by molar-refractivity contribution is 5.38. The fraction of sp³-hybridized carbons (Fsp3) is 0.333. The third kappa shape index (κ3) is 2.28. The fourth-order valence-corrected chi connectivity index (χ4v) is 1.10. The standard InChI is InChI=1S/C9H11FN2O3/c1-9(2,15-11)6-3-4-7(10)8(5-6)12(13)14/h3-5H,11H2,1-2H3. The van der Waals surface area contributed by atoms with Gasteiger partial charge in [-0.1, -0.05) is 6.07 Å². The fourth-order valence-electron chi connectivity index (χ4n) is 1.10. The molecule has 15 heavy (non-hydrogen) atoms. The number of hydrogen-bond donors (Lipinski definition) is 1. The van der Waals surface area contributed by atoms with Gasteiger partial charge in [-0.05, 0) is 25.5 Å². The minimum absolute atomic E-state index is 0.443. The van der Waals surface area contributed by atoms with Crippen LogP contribution in [0.15, 0.2) is 18.2 Å². The summed E-state index contributed by atoms with van der Waals surface area (Å²) in [6.45, 7) is 3.26. The number of rotatable bonds is 3. The van der Waals surface area contributed by atoms with E-state index in [1.54, 1.807) is 13.8 Å². The second-order valence-electron chi connectivity index (χ2n) is 3.55. The molecule has 2 N–H and O–H groups in total. The third-order valence-electron chi connectivity index (χ3n) is 2.13. The molecule has 1 aromatic carbocycles. The van der Waals surface area contributed by atoms with E-state index in [1.807, 2.05) is 0 Å². The molecule has 1 rings (SSSR count). The number of hydrogen-bond acceptors (Lipinski definition) is 4. The quantitative estimate of drug-likeness (QED) is 0.615. The lowest BCUT2D eigenvalue weighted by Gasteiger charge is -2.21. The Morgan fingerprint density at radius 3 is 2.60 bits per heavy atom. The van der Waals surface area contributed by atoms with Gasteiger partial charge in [0.1, 0.15) is 5.60 Å². The van der Waals surface area contributed by atoms with Crippen molar-refractivity contribution >= 4 is 5.69 Å². The molecule has 0 aliphatic heterocycles. The van der Waals surface area contributed by atoms with Crippen molar-refractivity contribution in [1.29, 1.82) is 0 Å². The van der Waals surface area contributed by atoms with E-state index in [-0.39, 0.29) is 0 Å². The smallest absolute Gasteiger partial charge is 0.294 e. The van der Waals surface area contributed by atoms with Crippen molar-refractivity contribution in [3.05, 3.63) is 39.7 Å². The number of nitrogens with two attached hydrogens (primary N) is 1. The van der Waals surface area contributed by atoms with Crippen LogP contribution in [-0.4, -0.2) is 4.92 Å². The summed E-state index contributed by atoms with van der Waals surface area (Å²) in [6, 6.07) is 3.53. The molecule has 6 heteroatoms. The zero-order valence-corrected chi connectivity index (χ0v) is 8.36. The summed E-state index contributed by atoms with van der Waals surface area (Å²) in [5, 5.41) is 10.5. The van der Waals surface area contributed by atoms with Gasteiger partial charge in [0.05, 0.1) is 4.92 Å². The van der Waals surface area contributed by atoms with Crippen LogP contribution in [-0.2, 0) is 10.4 Å². The normalized spacial score (nSPS) is 11.5. The van der Waals surface area contributed by atoms with E-state index in [2.05, 4.69) is 4.84 Å². The Hall–Kier alpha value is -1.53. The van der Waals surface area contributed by atoms with Crippen LogP contribution < -0.4 is 5.90 Å². The van der Waals surface area contributed by atoms with Gasteiger partial charge in [-0.15, -0.1) is 0 Å². The molecule has 0 saturated carbocycles. The van der Waals surface area contributed by atoms with Crippen molar-refractivity contribution in [1.82, 2.24) is 0 Å². The molecule has 5 nitrogen and oxygen atoms in total. The Kier molecular flexibility index (Phi) is 3.01. The first-order valence-electron chi connectivity index (χ1n) is 4.21. The highest BCUT2D eigenvalue weighted by Gasteiger charge is 2.24. The van der Waals surface area contributed by atoms with Gasteiger partial charge in [-0.2, -0.15) is 4.39 Å². The largest absolute Gasteiger partial charge is 0.305 e.